The Morgan fingerprint density at radius 2 is 2.14 bits per heavy atom. The van der Waals surface area contributed by atoms with E-state index in [9.17, 15) is 14.5 Å². The van der Waals surface area contributed by atoms with E-state index >= 15 is 0 Å². The van der Waals surface area contributed by atoms with E-state index in [1.54, 1.807) is 18.2 Å². The van der Waals surface area contributed by atoms with Gasteiger partial charge in [-0.25, -0.2) is 4.39 Å². The van der Waals surface area contributed by atoms with Gasteiger partial charge in [-0.1, -0.05) is 18.2 Å². The summed E-state index contributed by atoms with van der Waals surface area (Å²) in [6.07, 6.45) is 1.39. The number of nitro benzene ring substituents is 1. The van der Waals surface area contributed by atoms with Crippen molar-refractivity contribution in [1.29, 1.82) is 0 Å². The number of aryl methyl sites for hydroxylation is 1. The molecule has 1 atom stereocenters. The Labute approximate surface area is 121 Å². The molecule has 2 aromatic carbocycles. The highest BCUT2D eigenvalue weighted by Gasteiger charge is 2.26. The minimum Gasteiger partial charge on any atom is -0.373 e. The summed E-state index contributed by atoms with van der Waals surface area (Å²) in [5, 5.41) is 14.3. The number of nitro groups is 1. The molecule has 1 unspecified atom stereocenters. The molecule has 0 spiro atoms. The highest BCUT2D eigenvalue weighted by Crippen LogP contribution is 2.37. The Morgan fingerprint density at radius 3 is 2.90 bits per heavy atom. The van der Waals surface area contributed by atoms with Crippen LogP contribution < -0.4 is 5.32 Å². The van der Waals surface area contributed by atoms with Crippen LogP contribution in [-0.2, 0) is 6.42 Å². The Balaban J connectivity index is 1.95. The number of fused-ring (bicyclic) bond motifs is 1. The summed E-state index contributed by atoms with van der Waals surface area (Å²) in [5.41, 5.74) is 3.09. The van der Waals surface area contributed by atoms with Crippen LogP contribution in [0.4, 0.5) is 15.8 Å². The molecule has 108 valence electrons. The first-order chi connectivity index (χ1) is 10.1. The lowest BCUT2D eigenvalue weighted by Gasteiger charge is -2.16. The van der Waals surface area contributed by atoms with Gasteiger partial charge in [0.2, 0.25) is 0 Å². The zero-order chi connectivity index (χ0) is 15.0. The van der Waals surface area contributed by atoms with Crippen LogP contribution in [0.15, 0.2) is 36.4 Å². The summed E-state index contributed by atoms with van der Waals surface area (Å²) in [5.74, 6) is -0.199. The average Bonchev–Trinajstić information content (AvgIpc) is 2.83. The van der Waals surface area contributed by atoms with Gasteiger partial charge in [-0.3, -0.25) is 10.1 Å². The molecule has 0 radical (unpaired) electrons. The van der Waals surface area contributed by atoms with E-state index in [2.05, 4.69) is 5.32 Å². The Hall–Kier alpha value is -2.43. The lowest BCUT2D eigenvalue weighted by atomic mass is 10.1. The Bertz CT molecular complexity index is 715. The summed E-state index contributed by atoms with van der Waals surface area (Å²) in [6, 6.07) is 9.90. The SMILES string of the molecule is Cc1ccc([N+](=O)[O-])c(NC2CCc3c(F)cccc32)c1. The lowest BCUT2D eigenvalue weighted by Crippen LogP contribution is -2.09. The maximum absolute atomic E-state index is 13.7. The van der Waals surface area contributed by atoms with Crippen molar-refractivity contribution >= 4 is 11.4 Å². The minimum absolute atomic E-state index is 0.0467. The second kappa shape index (κ2) is 5.16. The van der Waals surface area contributed by atoms with Crippen LogP contribution in [-0.4, -0.2) is 4.92 Å². The van der Waals surface area contributed by atoms with Gasteiger partial charge in [0.25, 0.3) is 5.69 Å². The lowest BCUT2D eigenvalue weighted by molar-refractivity contribution is -0.384. The fourth-order valence-electron chi connectivity index (χ4n) is 2.87. The summed E-state index contributed by atoms with van der Waals surface area (Å²) in [6.45, 7) is 1.89. The van der Waals surface area contributed by atoms with Crippen molar-refractivity contribution < 1.29 is 9.31 Å². The van der Waals surface area contributed by atoms with E-state index in [0.717, 1.165) is 17.5 Å². The number of anilines is 1. The molecule has 0 aromatic heterocycles. The van der Waals surface area contributed by atoms with Crippen molar-refractivity contribution in [3.05, 3.63) is 69.0 Å². The first kappa shape index (κ1) is 13.5. The van der Waals surface area contributed by atoms with Gasteiger partial charge in [0.1, 0.15) is 11.5 Å². The summed E-state index contributed by atoms with van der Waals surface area (Å²) in [4.78, 5) is 10.7. The molecule has 3 rings (SSSR count). The average molecular weight is 286 g/mol. The van der Waals surface area contributed by atoms with Gasteiger partial charge in [0, 0.05) is 6.07 Å². The molecule has 0 amide bonds. The predicted octanol–water partition coefficient (Wildman–Crippen LogP) is 4.14. The molecule has 0 aliphatic heterocycles. The van der Waals surface area contributed by atoms with E-state index in [0.29, 0.717) is 17.7 Å². The molecule has 0 heterocycles. The summed E-state index contributed by atoms with van der Waals surface area (Å²) < 4.78 is 13.7. The van der Waals surface area contributed by atoms with Crippen LogP contribution in [0, 0.1) is 22.9 Å². The van der Waals surface area contributed by atoms with E-state index in [-0.39, 0.29) is 17.5 Å². The topological polar surface area (TPSA) is 55.2 Å². The molecular formula is C16H15FN2O2. The Kier molecular flexibility index (Phi) is 3.33. The molecule has 0 saturated carbocycles. The van der Waals surface area contributed by atoms with Gasteiger partial charge < -0.3 is 5.32 Å². The summed E-state index contributed by atoms with van der Waals surface area (Å²) >= 11 is 0. The number of nitrogens with zero attached hydrogens (tertiary/aromatic N) is 1. The van der Waals surface area contributed by atoms with Gasteiger partial charge in [0.05, 0.1) is 11.0 Å². The van der Waals surface area contributed by atoms with E-state index in [1.807, 2.05) is 13.0 Å². The number of hydrogen-bond acceptors (Lipinski definition) is 3. The largest absolute Gasteiger partial charge is 0.373 e. The van der Waals surface area contributed by atoms with E-state index in [4.69, 9.17) is 0 Å². The third-order valence-electron chi connectivity index (χ3n) is 3.89. The highest BCUT2D eigenvalue weighted by molar-refractivity contribution is 5.64. The van der Waals surface area contributed by atoms with Crippen molar-refractivity contribution in [3.8, 4) is 0 Å². The predicted molar refractivity (Wildman–Crippen MR) is 78.9 cm³/mol. The van der Waals surface area contributed by atoms with Crippen LogP contribution in [0.1, 0.15) is 29.2 Å². The standard InChI is InChI=1S/C16H15FN2O2/c1-10-5-8-16(19(20)21)15(9-10)18-14-7-6-11-12(14)3-2-4-13(11)17/h2-5,8-9,14,18H,6-7H2,1H3. The maximum Gasteiger partial charge on any atom is 0.292 e. The molecule has 1 N–H and O–H groups in total. The van der Waals surface area contributed by atoms with Gasteiger partial charge in [-0.15, -0.1) is 0 Å². The zero-order valence-corrected chi connectivity index (χ0v) is 11.6. The van der Waals surface area contributed by atoms with Crippen LogP contribution in [0.25, 0.3) is 0 Å². The monoisotopic (exact) mass is 286 g/mol. The molecule has 1 aliphatic rings. The number of nitrogens with one attached hydrogen (secondary N) is 1. The van der Waals surface area contributed by atoms with Crippen LogP contribution in [0.2, 0.25) is 0 Å². The third-order valence-corrected chi connectivity index (χ3v) is 3.89. The van der Waals surface area contributed by atoms with Crippen molar-refractivity contribution in [2.24, 2.45) is 0 Å². The van der Waals surface area contributed by atoms with Crippen molar-refractivity contribution in [3.63, 3.8) is 0 Å². The molecule has 0 saturated heterocycles. The van der Waals surface area contributed by atoms with E-state index < -0.39 is 4.92 Å². The van der Waals surface area contributed by atoms with Crippen LogP contribution in [0.3, 0.4) is 0 Å². The third kappa shape index (κ3) is 2.46. The first-order valence-electron chi connectivity index (χ1n) is 6.85. The molecule has 0 fully saturated rings. The second-order valence-corrected chi connectivity index (χ2v) is 5.32. The molecule has 21 heavy (non-hydrogen) atoms. The number of benzene rings is 2. The molecule has 5 heteroatoms. The van der Waals surface area contributed by atoms with Crippen molar-refractivity contribution in [2.75, 3.05) is 5.32 Å². The smallest absolute Gasteiger partial charge is 0.292 e. The fourth-order valence-corrected chi connectivity index (χ4v) is 2.87. The van der Waals surface area contributed by atoms with Crippen LogP contribution in [0.5, 0.6) is 0 Å². The molecule has 4 nitrogen and oxygen atoms in total. The van der Waals surface area contributed by atoms with Gasteiger partial charge in [0.15, 0.2) is 0 Å². The fraction of sp³-hybridized carbons (Fsp3) is 0.250. The normalized spacial score (nSPS) is 16.6. The van der Waals surface area contributed by atoms with Gasteiger partial charge >= 0.3 is 0 Å². The van der Waals surface area contributed by atoms with Crippen LogP contribution >= 0.6 is 0 Å². The molecule has 1 aliphatic carbocycles. The first-order valence-corrected chi connectivity index (χ1v) is 6.85. The maximum atomic E-state index is 13.7. The molecular weight excluding hydrogens is 271 g/mol. The number of rotatable bonds is 3. The number of hydrogen-bond donors (Lipinski definition) is 1. The van der Waals surface area contributed by atoms with Gasteiger partial charge in [-0.05, 0) is 48.6 Å². The highest BCUT2D eigenvalue weighted by atomic mass is 19.1. The Morgan fingerprint density at radius 1 is 1.33 bits per heavy atom. The number of halogens is 1. The second-order valence-electron chi connectivity index (χ2n) is 5.32. The minimum atomic E-state index is -0.400. The molecule has 0 bridgehead atoms. The van der Waals surface area contributed by atoms with Gasteiger partial charge in [-0.2, -0.15) is 0 Å². The molecule has 2 aromatic rings. The van der Waals surface area contributed by atoms with Crippen molar-refractivity contribution in [2.45, 2.75) is 25.8 Å². The summed E-state index contributed by atoms with van der Waals surface area (Å²) in [7, 11) is 0. The quantitative estimate of drug-likeness (QED) is 0.681. The zero-order valence-electron chi connectivity index (χ0n) is 11.6. The van der Waals surface area contributed by atoms with E-state index in [1.165, 1.54) is 12.1 Å². The van der Waals surface area contributed by atoms with Crippen molar-refractivity contribution in [1.82, 2.24) is 0 Å².